The lowest BCUT2D eigenvalue weighted by atomic mass is 10.2. The molecule has 0 aliphatic rings. The van der Waals surface area contributed by atoms with Gasteiger partial charge in [-0.1, -0.05) is 35.9 Å². The van der Waals surface area contributed by atoms with Gasteiger partial charge in [-0.15, -0.1) is 0 Å². The normalized spacial score (nSPS) is 12.3. The first-order chi connectivity index (χ1) is 10.2. The third-order valence-corrected chi connectivity index (χ3v) is 5.53. The van der Waals surface area contributed by atoms with E-state index >= 15 is 0 Å². The molecule has 0 aromatic heterocycles. The lowest BCUT2D eigenvalue weighted by Crippen LogP contribution is -2.24. The first kappa shape index (κ1) is 16.9. The van der Waals surface area contributed by atoms with E-state index < -0.39 is 20.0 Å². The van der Waals surface area contributed by atoms with Crippen molar-refractivity contribution in [1.29, 1.82) is 0 Å². The van der Waals surface area contributed by atoms with Gasteiger partial charge in [0.15, 0.2) is 0 Å². The van der Waals surface area contributed by atoms with Gasteiger partial charge in [-0.25, -0.2) is 26.7 Å². The van der Waals surface area contributed by atoms with Crippen molar-refractivity contribution in [1.82, 2.24) is 4.72 Å². The molecule has 0 saturated heterocycles. The molecule has 0 aliphatic heterocycles. The van der Waals surface area contributed by atoms with Crippen molar-refractivity contribution in [2.24, 2.45) is 5.14 Å². The van der Waals surface area contributed by atoms with E-state index in [0.29, 0.717) is 10.6 Å². The minimum atomic E-state index is -3.97. The molecule has 6 nitrogen and oxygen atoms in total. The number of sulfonamides is 2. The van der Waals surface area contributed by atoms with Crippen LogP contribution in [0.2, 0.25) is 5.02 Å². The average Bonchev–Trinajstić information content (AvgIpc) is 2.46. The number of nitrogens with two attached hydrogens (primary N) is 1. The Kier molecular flexibility index (Phi) is 4.88. The minimum Gasteiger partial charge on any atom is -0.225 e. The van der Waals surface area contributed by atoms with E-state index in [1.165, 1.54) is 18.2 Å². The number of benzene rings is 2. The summed E-state index contributed by atoms with van der Waals surface area (Å²) in [5, 5.41) is 5.43. The summed E-state index contributed by atoms with van der Waals surface area (Å²) in [4.78, 5) is -0.459. The van der Waals surface area contributed by atoms with Gasteiger partial charge in [-0.3, -0.25) is 0 Å². The van der Waals surface area contributed by atoms with Crippen LogP contribution in [0.15, 0.2) is 58.3 Å². The Morgan fingerprint density at radius 1 is 0.955 bits per heavy atom. The molecular formula is C13H13ClN2O4S2. The topological polar surface area (TPSA) is 106 Å². The van der Waals surface area contributed by atoms with E-state index in [1.54, 1.807) is 24.3 Å². The fraction of sp³-hybridized carbons (Fsp3) is 0.0769. The van der Waals surface area contributed by atoms with E-state index in [9.17, 15) is 16.8 Å². The second-order valence-corrected chi connectivity index (χ2v) is 8.17. The van der Waals surface area contributed by atoms with Crippen molar-refractivity contribution >= 4 is 31.6 Å². The van der Waals surface area contributed by atoms with Gasteiger partial charge in [0.05, 0.1) is 9.79 Å². The molecule has 0 heterocycles. The minimum absolute atomic E-state index is 0.0123. The second kappa shape index (κ2) is 6.35. The van der Waals surface area contributed by atoms with Crippen LogP contribution in [-0.2, 0) is 26.6 Å². The molecule has 3 N–H and O–H groups in total. The van der Waals surface area contributed by atoms with Crippen LogP contribution in [0.3, 0.4) is 0 Å². The summed E-state index contributed by atoms with van der Waals surface area (Å²) in [6, 6.07) is 11.6. The molecule has 0 atom stereocenters. The van der Waals surface area contributed by atoms with E-state index in [-0.39, 0.29) is 16.3 Å². The summed E-state index contributed by atoms with van der Waals surface area (Å²) in [7, 11) is -7.86. The Morgan fingerprint density at radius 2 is 1.59 bits per heavy atom. The van der Waals surface area contributed by atoms with Crippen LogP contribution in [0.4, 0.5) is 0 Å². The van der Waals surface area contributed by atoms with Crippen LogP contribution < -0.4 is 9.86 Å². The molecule has 0 bridgehead atoms. The Morgan fingerprint density at radius 3 is 2.23 bits per heavy atom. The quantitative estimate of drug-likeness (QED) is 0.841. The molecule has 0 radical (unpaired) electrons. The smallest absolute Gasteiger partial charge is 0.225 e. The predicted octanol–water partition coefficient (Wildman–Crippen LogP) is 1.47. The first-order valence-electron chi connectivity index (χ1n) is 6.06. The number of hydrogen-bond donors (Lipinski definition) is 2. The van der Waals surface area contributed by atoms with Gasteiger partial charge in [-0.05, 0) is 29.8 Å². The zero-order valence-electron chi connectivity index (χ0n) is 11.2. The van der Waals surface area contributed by atoms with Crippen LogP contribution in [0.1, 0.15) is 5.56 Å². The highest BCUT2D eigenvalue weighted by Crippen LogP contribution is 2.17. The highest BCUT2D eigenvalue weighted by molar-refractivity contribution is 7.90. The van der Waals surface area contributed by atoms with Crippen molar-refractivity contribution in [2.45, 2.75) is 16.3 Å². The molecule has 0 saturated carbocycles. The molecule has 9 heteroatoms. The largest absolute Gasteiger partial charge is 0.240 e. The number of hydrogen-bond acceptors (Lipinski definition) is 4. The van der Waals surface area contributed by atoms with Crippen LogP contribution in [0.5, 0.6) is 0 Å². The molecule has 118 valence electrons. The van der Waals surface area contributed by atoms with Crippen LogP contribution >= 0.6 is 11.6 Å². The summed E-state index contributed by atoms with van der Waals surface area (Å²) >= 11 is 5.95. The molecule has 0 amide bonds. The van der Waals surface area contributed by atoms with Crippen LogP contribution in [0.25, 0.3) is 0 Å². The summed E-state index contributed by atoms with van der Waals surface area (Å²) in [6.45, 7) is -0.0123. The zero-order chi connectivity index (χ0) is 16.4. The maximum absolute atomic E-state index is 12.2. The van der Waals surface area contributed by atoms with E-state index in [1.807, 2.05) is 0 Å². The predicted molar refractivity (Wildman–Crippen MR) is 83.3 cm³/mol. The van der Waals surface area contributed by atoms with Gasteiger partial charge in [0.1, 0.15) is 0 Å². The van der Waals surface area contributed by atoms with Crippen molar-refractivity contribution in [2.75, 3.05) is 0 Å². The number of nitrogens with one attached hydrogen (secondary N) is 1. The molecule has 0 fully saturated rings. The Labute approximate surface area is 134 Å². The van der Waals surface area contributed by atoms with E-state index in [2.05, 4.69) is 4.72 Å². The molecule has 2 rings (SSSR count). The summed E-state index contributed by atoms with van der Waals surface area (Å²) < 4.78 is 49.3. The molecular weight excluding hydrogens is 348 g/mol. The van der Waals surface area contributed by atoms with Crippen molar-refractivity contribution in [3.8, 4) is 0 Å². The van der Waals surface area contributed by atoms with Gasteiger partial charge in [0.2, 0.25) is 20.0 Å². The number of primary sulfonamides is 1. The highest BCUT2D eigenvalue weighted by atomic mass is 35.5. The second-order valence-electron chi connectivity index (χ2n) is 4.44. The first-order valence-corrected chi connectivity index (χ1v) is 9.47. The summed E-state index contributed by atoms with van der Waals surface area (Å²) in [5.74, 6) is 0. The monoisotopic (exact) mass is 360 g/mol. The molecule has 0 spiro atoms. The van der Waals surface area contributed by atoms with Crippen LogP contribution in [0, 0.1) is 0 Å². The lowest BCUT2D eigenvalue weighted by molar-refractivity contribution is 0.581. The third-order valence-electron chi connectivity index (χ3n) is 2.85. The van der Waals surface area contributed by atoms with E-state index in [4.69, 9.17) is 16.7 Å². The van der Waals surface area contributed by atoms with Crippen molar-refractivity contribution in [3.63, 3.8) is 0 Å². The zero-order valence-corrected chi connectivity index (χ0v) is 13.6. The van der Waals surface area contributed by atoms with Gasteiger partial charge >= 0.3 is 0 Å². The SMILES string of the molecule is NS(=O)(=O)c1cccc(S(=O)(=O)NCc2ccccc2Cl)c1. The molecule has 0 unspecified atom stereocenters. The lowest BCUT2D eigenvalue weighted by Gasteiger charge is -2.09. The third kappa shape index (κ3) is 4.05. The molecule has 2 aromatic carbocycles. The Balaban J connectivity index is 2.26. The number of halogens is 1. The van der Waals surface area contributed by atoms with Gasteiger partial charge in [-0.2, -0.15) is 0 Å². The summed E-state index contributed by atoms with van der Waals surface area (Å²) in [5.41, 5.74) is 0.607. The Hall–Kier alpha value is -1.45. The number of rotatable bonds is 5. The highest BCUT2D eigenvalue weighted by Gasteiger charge is 2.17. The van der Waals surface area contributed by atoms with Crippen molar-refractivity contribution < 1.29 is 16.8 Å². The van der Waals surface area contributed by atoms with Crippen LogP contribution in [-0.4, -0.2) is 16.8 Å². The fourth-order valence-electron chi connectivity index (χ4n) is 1.72. The molecule has 22 heavy (non-hydrogen) atoms. The Bertz CT molecular complexity index is 896. The summed E-state index contributed by atoms with van der Waals surface area (Å²) in [6.07, 6.45) is 0. The standard InChI is InChI=1S/C13H13ClN2O4S2/c14-13-7-2-1-4-10(13)9-16-22(19,20)12-6-3-5-11(8-12)21(15,17)18/h1-8,16H,9H2,(H2,15,17,18). The van der Waals surface area contributed by atoms with E-state index in [0.717, 1.165) is 6.07 Å². The average molecular weight is 361 g/mol. The maximum Gasteiger partial charge on any atom is 0.240 e. The molecule has 2 aromatic rings. The van der Waals surface area contributed by atoms with Gasteiger partial charge in [0, 0.05) is 11.6 Å². The fourth-order valence-corrected chi connectivity index (χ4v) is 3.60. The van der Waals surface area contributed by atoms with Crippen molar-refractivity contribution in [3.05, 3.63) is 59.1 Å². The van der Waals surface area contributed by atoms with Gasteiger partial charge in [0.25, 0.3) is 0 Å². The molecule has 0 aliphatic carbocycles. The van der Waals surface area contributed by atoms with Gasteiger partial charge < -0.3 is 0 Å². The maximum atomic E-state index is 12.2.